The lowest BCUT2D eigenvalue weighted by Gasteiger charge is -2.15. The van der Waals surface area contributed by atoms with E-state index in [4.69, 9.17) is 21.1 Å². The van der Waals surface area contributed by atoms with E-state index >= 15 is 0 Å². The summed E-state index contributed by atoms with van der Waals surface area (Å²) in [7, 11) is 1.80. The Balaban J connectivity index is 0.00000392. The third-order valence-corrected chi connectivity index (χ3v) is 4.29. The molecule has 0 fully saturated rings. The molecule has 2 aromatic rings. The predicted molar refractivity (Wildman–Crippen MR) is 113 cm³/mol. The van der Waals surface area contributed by atoms with E-state index in [9.17, 15) is 9.59 Å². The highest BCUT2D eigenvalue weighted by Gasteiger charge is 2.19. The van der Waals surface area contributed by atoms with Crippen LogP contribution in [0.1, 0.15) is 40.7 Å². The van der Waals surface area contributed by atoms with Crippen molar-refractivity contribution in [2.75, 3.05) is 13.6 Å². The molecule has 0 bridgehead atoms. The minimum absolute atomic E-state index is 0. The molecule has 2 rings (SSSR count). The zero-order valence-electron chi connectivity index (χ0n) is 16.3. The highest BCUT2D eigenvalue weighted by Crippen LogP contribution is 2.33. The van der Waals surface area contributed by atoms with Crippen molar-refractivity contribution in [1.82, 2.24) is 5.32 Å². The summed E-state index contributed by atoms with van der Waals surface area (Å²) < 4.78 is 10.9. The molecule has 0 amide bonds. The Labute approximate surface area is 176 Å². The molecule has 5 nitrogen and oxygen atoms in total. The maximum atomic E-state index is 12.5. The molecule has 2 aromatic carbocycles. The number of carbonyl (C=O) groups excluding carboxylic acids is 2. The maximum absolute atomic E-state index is 12.5. The van der Waals surface area contributed by atoms with Gasteiger partial charge >= 0.3 is 11.9 Å². The smallest absolute Gasteiger partial charge is 0.343 e. The van der Waals surface area contributed by atoms with Gasteiger partial charge < -0.3 is 14.8 Å². The molecule has 28 heavy (non-hydrogen) atoms. The number of carbonyl (C=O) groups is 2. The van der Waals surface area contributed by atoms with Crippen molar-refractivity contribution in [3.8, 4) is 11.5 Å². The van der Waals surface area contributed by atoms with Crippen LogP contribution >= 0.6 is 24.0 Å². The number of nitrogens with one attached hydrogen (secondary N) is 1. The summed E-state index contributed by atoms with van der Waals surface area (Å²) in [6, 6.07) is 12.0. The van der Waals surface area contributed by atoms with Crippen molar-refractivity contribution < 1.29 is 19.1 Å². The second-order valence-electron chi connectivity index (χ2n) is 6.56. The average molecular weight is 426 g/mol. The van der Waals surface area contributed by atoms with Gasteiger partial charge in [-0.25, -0.2) is 4.79 Å². The van der Waals surface area contributed by atoms with Crippen LogP contribution in [-0.2, 0) is 4.79 Å². The summed E-state index contributed by atoms with van der Waals surface area (Å²) in [6.07, 6.45) is 0. The topological polar surface area (TPSA) is 64.6 Å². The summed E-state index contributed by atoms with van der Waals surface area (Å²) >= 11 is 6.35. The van der Waals surface area contributed by atoms with Gasteiger partial charge in [0.15, 0.2) is 11.5 Å². The lowest BCUT2D eigenvalue weighted by Crippen LogP contribution is -2.17. The van der Waals surface area contributed by atoms with E-state index in [-0.39, 0.29) is 35.2 Å². The van der Waals surface area contributed by atoms with Crippen LogP contribution in [0.4, 0.5) is 0 Å². The zero-order valence-corrected chi connectivity index (χ0v) is 17.9. The third kappa shape index (κ3) is 6.51. The molecule has 0 aliphatic heterocycles. The number of ether oxygens (including phenoxy) is 2. The van der Waals surface area contributed by atoms with Gasteiger partial charge in [0.1, 0.15) is 0 Å². The number of hydrogen-bond donors (Lipinski definition) is 1. The van der Waals surface area contributed by atoms with Crippen LogP contribution in [-0.4, -0.2) is 25.5 Å². The number of hydrogen-bond acceptors (Lipinski definition) is 5. The van der Waals surface area contributed by atoms with Crippen molar-refractivity contribution in [1.29, 1.82) is 0 Å². The van der Waals surface area contributed by atoms with E-state index in [2.05, 4.69) is 5.32 Å². The fraction of sp³-hybridized carbons (Fsp3) is 0.333. The molecule has 152 valence electrons. The van der Waals surface area contributed by atoms with Crippen molar-refractivity contribution in [3.63, 3.8) is 0 Å². The summed E-state index contributed by atoms with van der Waals surface area (Å²) in [5.74, 6) is -0.905. The monoisotopic (exact) mass is 425 g/mol. The Bertz CT molecular complexity index is 807. The van der Waals surface area contributed by atoms with Gasteiger partial charge in [0.25, 0.3) is 0 Å². The zero-order chi connectivity index (χ0) is 20.0. The number of benzene rings is 2. The van der Waals surface area contributed by atoms with Gasteiger partial charge in [-0.2, -0.15) is 0 Å². The van der Waals surface area contributed by atoms with Crippen LogP contribution in [0.25, 0.3) is 0 Å². The van der Waals surface area contributed by atoms with Gasteiger partial charge in [0.05, 0.1) is 16.9 Å². The van der Waals surface area contributed by atoms with E-state index in [1.807, 2.05) is 19.1 Å². The second-order valence-corrected chi connectivity index (χ2v) is 7.09. The molecule has 7 heteroatoms. The van der Waals surface area contributed by atoms with Gasteiger partial charge in [0, 0.05) is 6.54 Å². The number of alkyl halides is 1. The van der Waals surface area contributed by atoms with Crippen LogP contribution in [0.15, 0.2) is 42.5 Å². The molecule has 1 atom stereocenters. The van der Waals surface area contributed by atoms with Crippen LogP contribution in [0.3, 0.4) is 0 Å². The molecule has 0 aliphatic rings. The highest BCUT2D eigenvalue weighted by molar-refractivity contribution is 6.21. The predicted octanol–water partition coefficient (Wildman–Crippen LogP) is 4.70. The van der Waals surface area contributed by atoms with Gasteiger partial charge in [-0.05, 0) is 43.8 Å². The van der Waals surface area contributed by atoms with Gasteiger partial charge in [-0.1, -0.05) is 37.6 Å². The number of halogens is 2. The first-order chi connectivity index (χ1) is 12.8. The first-order valence-electron chi connectivity index (χ1n) is 8.75. The van der Waals surface area contributed by atoms with Crippen LogP contribution < -0.4 is 14.8 Å². The van der Waals surface area contributed by atoms with Crippen molar-refractivity contribution in [2.24, 2.45) is 5.92 Å². The second kappa shape index (κ2) is 11.1. The average Bonchev–Trinajstić information content (AvgIpc) is 2.63. The van der Waals surface area contributed by atoms with E-state index in [0.717, 1.165) is 11.1 Å². The Morgan fingerprint density at radius 2 is 1.68 bits per heavy atom. The summed E-state index contributed by atoms with van der Waals surface area (Å²) in [5, 5.41) is 2.68. The quantitative estimate of drug-likeness (QED) is 0.395. The summed E-state index contributed by atoms with van der Waals surface area (Å²) in [6.45, 7) is 5.94. The minimum Gasteiger partial charge on any atom is -0.422 e. The first kappa shape index (κ1) is 24.0. The van der Waals surface area contributed by atoms with Gasteiger partial charge in [0.2, 0.25) is 0 Å². The molecule has 0 saturated carbocycles. The number of rotatable bonds is 7. The molecule has 1 unspecified atom stereocenters. The standard InChI is InChI=1S/C21H24ClNO4.ClH/c1-13(2)20(24)26-18-10-9-16(17(22)12-23-4)11-19(18)27-21(25)15-7-5-14(3)6-8-15;/h5-11,13,17,23H,12H2,1-4H3;1H. The molecule has 0 heterocycles. The van der Waals surface area contributed by atoms with E-state index < -0.39 is 11.9 Å². The SMILES string of the molecule is CNCC(Cl)c1ccc(OC(=O)C(C)C)c(OC(=O)c2ccc(C)cc2)c1.Cl. The van der Waals surface area contributed by atoms with Crippen LogP contribution in [0, 0.1) is 12.8 Å². The molecular formula is C21H25Cl2NO4. The molecule has 0 aromatic heterocycles. The maximum Gasteiger partial charge on any atom is 0.343 e. The Morgan fingerprint density at radius 3 is 2.25 bits per heavy atom. The lowest BCUT2D eigenvalue weighted by molar-refractivity contribution is -0.137. The molecular weight excluding hydrogens is 401 g/mol. The molecule has 1 N–H and O–H groups in total. The molecule has 0 saturated heterocycles. The Morgan fingerprint density at radius 1 is 1.04 bits per heavy atom. The third-order valence-electron chi connectivity index (χ3n) is 3.88. The van der Waals surface area contributed by atoms with E-state index in [0.29, 0.717) is 12.1 Å². The first-order valence-corrected chi connectivity index (χ1v) is 9.18. The molecule has 0 spiro atoms. The van der Waals surface area contributed by atoms with E-state index in [1.54, 1.807) is 51.2 Å². The number of aryl methyl sites for hydroxylation is 1. The molecule has 0 radical (unpaired) electrons. The normalized spacial score (nSPS) is 11.5. The largest absolute Gasteiger partial charge is 0.422 e. The lowest BCUT2D eigenvalue weighted by atomic mass is 10.1. The van der Waals surface area contributed by atoms with Crippen molar-refractivity contribution >= 4 is 35.9 Å². The van der Waals surface area contributed by atoms with E-state index in [1.165, 1.54) is 0 Å². The van der Waals surface area contributed by atoms with Gasteiger partial charge in [-0.15, -0.1) is 24.0 Å². The summed E-state index contributed by atoms with van der Waals surface area (Å²) in [4.78, 5) is 24.5. The minimum atomic E-state index is -0.534. The Hall–Kier alpha value is -2.08. The van der Waals surface area contributed by atoms with Crippen LogP contribution in [0.2, 0.25) is 0 Å². The fourth-order valence-corrected chi connectivity index (χ4v) is 2.55. The highest BCUT2D eigenvalue weighted by atomic mass is 35.5. The molecule has 0 aliphatic carbocycles. The van der Waals surface area contributed by atoms with Crippen LogP contribution in [0.5, 0.6) is 11.5 Å². The number of esters is 2. The number of likely N-dealkylation sites (N-methyl/N-ethyl adjacent to an activating group) is 1. The summed E-state index contributed by atoms with van der Waals surface area (Å²) in [5.41, 5.74) is 2.20. The van der Waals surface area contributed by atoms with Gasteiger partial charge in [-0.3, -0.25) is 4.79 Å². The Kier molecular flexibility index (Phi) is 9.46. The van der Waals surface area contributed by atoms with Crippen molar-refractivity contribution in [2.45, 2.75) is 26.1 Å². The van der Waals surface area contributed by atoms with Crippen molar-refractivity contribution in [3.05, 3.63) is 59.2 Å². The fourth-order valence-electron chi connectivity index (χ4n) is 2.26.